The molecule has 3 rings (SSSR count). The Morgan fingerprint density at radius 1 is 1.12 bits per heavy atom. The molecule has 0 bridgehead atoms. The fraction of sp³-hybridized carbons (Fsp3) is 0.364. The summed E-state index contributed by atoms with van der Waals surface area (Å²) in [6.45, 7) is 3.72. The number of carbonyl (C=O) groups is 2. The normalized spacial score (nSPS) is 16.1. The van der Waals surface area contributed by atoms with Crippen LogP contribution in [0.3, 0.4) is 0 Å². The summed E-state index contributed by atoms with van der Waals surface area (Å²) in [7, 11) is -2.15. The summed E-state index contributed by atoms with van der Waals surface area (Å²) in [5, 5.41) is 2.82. The van der Waals surface area contributed by atoms with Crippen molar-refractivity contribution in [3.8, 4) is 5.75 Å². The van der Waals surface area contributed by atoms with Gasteiger partial charge in [-0.25, -0.2) is 13.1 Å². The molecule has 0 aliphatic carbocycles. The molecule has 172 valence electrons. The summed E-state index contributed by atoms with van der Waals surface area (Å²) >= 11 is 1.49. The lowest BCUT2D eigenvalue weighted by molar-refractivity contribution is -0.136. The number of thioether (sulfide) groups is 1. The molecule has 1 aliphatic rings. The van der Waals surface area contributed by atoms with Crippen LogP contribution >= 0.6 is 11.8 Å². The van der Waals surface area contributed by atoms with Gasteiger partial charge in [-0.2, -0.15) is 0 Å². The molecular formula is C22H27N3O5S2. The van der Waals surface area contributed by atoms with Gasteiger partial charge in [0.05, 0.1) is 17.9 Å². The Bertz CT molecular complexity index is 1090. The van der Waals surface area contributed by atoms with Gasteiger partial charge < -0.3 is 15.0 Å². The van der Waals surface area contributed by atoms with E-state index in [1.165, 1.54) is 16.7 Å². The van der Waals surface area contributed by atoms with Crippen LogP contribution in [0.4, 0.5) is 5.69 Å². The van der Waals surface area contributed by atoms with Gasteiger partial charge in [-0.1, -0.05) is 6.07 Å². The number of nitrogens with one attached hydrogen (secondary N) is 2. The van der Waals surface area contributed by atoms with E-state index in [-0.39, 0.29) is 29.7 Å². The molecule has 2 amide bonds. The molecular weight excluding hydrogens is 450 g/mol. The van der Waals surface area contributed by atoms with E-state index in [1.54, 1.807) is 49.6 Å². The van der Waals surface area contributed by atoms with Crippen molar-refractivity contribution in [1.29, 1.82) is 0 Å². The van der Waals surface area contributed by atoms with Crippen molar-refractivity contribution >= 4 is 39.3 Å². The lowest BCUT2D eigenvalue weighted by Crippen LogP contribution is -2.45. The van der Waals surface area contributed by atoms with Gasteiger partial charge in [0, 0.05) is 24.4 Å². The minimum absolute atomic E-state index is 0.0308. The maximum atomic E-state index is 12.7. The van der Waals surface area contributed by atoms with E-state index >= 15 is 0 Å². The fourth-order valence-electron chi connectivity index (χ4n) is 3.21. The van der Waals surface area contributed by atoms with Gasteiger partial charge in [0.25, 0.3) is 0 Å². The molecule has 0 spiro atoms. The summed E-state index contributed by atoms with van der Waals surface area (Å²) < 4.78 is 32.6. The summed E-state index contributed by atoms with van der Waals surface area (Å²) in [6, 6.07) is 11.2. The van der Waals surface area contributed by atoms with Gasteiger partial charge in [0.1, 0.15) is 11.8 Å². The van der Waals surface area contributed by atoms with Crippen LogP contribution in [-0.4, -0.2) is 56.5 Å². The second kappa shape index (κ2) is 10.4. The van der Waals surface area contributed by atoms with E-state index in [0.29, 0.717) is 23.1 Å². The van der Waals surface area contributed by atoms with E-state index in [2.05, 4.69) is 10.0 Å². The first-order chi connectivity index (χ1) is 15.2. The lowest BCUT2D eigenvalue weighted by atomic mass is 10.1. The standard InChI is InChI=1S/C22H27N3O5S2/c1-15-4-9-19(12-16(15)2)32(28,29)23-11-10-21(26)25-14-31-13-20(25)22(27)24-17-5-7-18(30-3)8-6-17/h4-9,12,20,23H,10-11,13-14H2,1-3H3,(H,24,27). The Hall–Kier alpha value is -2.56. The van der Waals surface area contributed by atoms with E-state index in [9.17, 15) is 18.0 Å². The molecule has 1 heterocycles. The molecule has 1 fully saturated rings. The predicted octanol–water partition coefficient (Wildman–Crippen LogP) is 2.52. The average Bonchev–Trinajstić information content (AvgIpc) is 3.26. The number of amides is 2. The Labute approximate surface area is 192 Å². The highest BCUT2D eigenvalue weighted by Gasteiger charge is 2.34. The van der Waals surface area contributed by atoms with Gasteiger partial charge in [-0.05, 0) is 61.4 Å². The van der Waals surface area contributed by atoms with Crippen molar-refractivity contribution in [2.75, 3.05) is 30.6 Å². The highest BCUT2D eigenvalue weighted by molar-refractivity contribution is 7.99. The second-order valence-corrected chi connectivity index (χ2v) is 10.3. The van der Waals surface area contributed by atoms with Crippen LogP contribution in [0, 0.1) is 13.8 Å². The Morgan fingerprint density at radius 3 is 2.50 bits per heavy atom. The smallest absolute Gasteiger partial charge is 0.248 e. The molecule has 8 nitrogen and oxygen atoms in total. The molecule has 1 atom stereocenters. The third-order valence-electron chi connectivity index (χ3n) is 5.28. The molecule has 1 aliphatic heterocycles. The number of sulfonamides is 1. The minimum Gasteiger partial charge on any atom is -0.497 e. The Morgan fingerprint density at radius 2 is 1.84 bits per heavy atom. The average molecular weight is 478 g/mol. The van der Waals surface area contributed by atoms with Crippen molar-refractivity contribution < 1.29 is 22.7 Å². The summed E-state index contributed by atoms with van der Waals surface area (Å²) in [4.78, 5) is 27.1. The SMILES string of the molecule is COc1ccc(NC(=O)C2CSCN2C(=O)CCNS(=O)(=O)c2ccc(C)c(C)c2)cc1. The van der Waals surface area contributed by atoms with Gasteiger partial charge in [0.2, 0.25) is 21.8 Å². The number of aryl methyl sites for hydroxylation is 2. The number of hydrogen-bond donors (Lipinski definition) is 2. The van der Waals surface area contributed by atoms with Crippen LogP contribution in [0.15, 0.2) is 47.4 Å². The van der Waals surface area contributed by atoms with Gasteiger partial charge >= 0.3 is 0 Å². The first-order valence-corrected chi connectivity index (χ1v) is 12.7. The number of hydrogen-bond acceptors (Lipinski definition) is 6. The van der Waals surface area contributed by atoms with Crippen LogP contribution in [0.1, 0.15) is 17.5 Å². The van der Waals surface area contributed by atoms with Crippen molar-refractivity contribution in [2.45, 2.75) is 31.2 Å². The Balaban J connectivity index is 1.55. The minimum atomic E-state index is -3.71. The monoisotopic (exact) mass is 477 g/mol. The van der Waals surface area contributed by atoms with Crippen LogP contribution in [-0.2, 0) is 19.6 Å². The molecule has 0 radical (unpaired) electrons. The predicted molar refractivity (Wildman–Crippen MR) is 125 cm³/mol. The lowest BCUT2D eigenvalue weighted by Gasteiger charge is -2.23. The topological polar surface area (TPSA) is 105 Å². The maximum absolute atomic E-state index is 12.7. The molecule has 1 unspecified atom stereocenters. The van der Waals surface area contributed by atoms with Gasteiger partial charge in [-0.15, -0.1) is 11.8 Å². The number of ether oxygens (including phenoxy) is 1. The second-order valence-electron chi connectivity index (χ2n) is 7.49. The first kappa shape index (κ1) is 24.1. The molecule has 2 N–H and O–H groups in total. The zero-order valence-corrected chi connectivity index (χ0v) is 19.9. The maximum Gasteiger partial charge on any atom is 0.248 e. The molecule has 0 saturated carbocycles. The van der Waals surface area contributed by atoms with Crippen molar-refractivity contribution in [1.82, 2.24) is 9.62 Å². The molecule has 10 heteroatoms. The highest BCUT2D eigenvalue weighted by Crippen LogP contribution is 2.24. The van der Waals surface area contributed by atoms with Crippen LogP contribution in [0.2, 0.25) is 0 Å². The molecule has 2 aromatic rings. The first-order valence-electron chi connectivity index (χ1n) is 10.1. The summed E-state index contributed by atoms with van der Waals surface area (Å²) in [6.07, 6.45) is -0.0308. The summed E-state index contributed by atoms with van der Waals surface area (Å²) in [5.74, 6) is 1.02. The van der Waals surface area contributed by atoms with Crippen molar-refractivity contribution in [3.63, 3.8) is 0 Å². The molecule has 0 aromatic heterocycles. The number of carbonyl (C=O) groups excluding carboxylic acids is 2. The molecule has 2 aromatic carbocycles. The number of anilines is 1. The quantitative estimate of drug-likeness (QED) is 0.605. The fourth-order valence-corrected chi connectivity index (χ4v) is 5.50. The van der Waals surface area contributed by atoms with Crippen LogP contribution in [0.25, 0.3) is 0 Å². The zero-order valence-electron chi connectivity index (χ0n) is 18.3. The number of benzene rings is 2. The Kier molecular flexibility index (Phi) is 7.81. The van der Waals surface area contributed by atoms with Crippen molar-refractivity contribution in [3.05, 3.63) is 53.6 Å². The number of rotatable bonds is 8. The molecule has 32 heavy (non-hydrogen) atoms. The number of methoxy groups -OCH3 is 1. The van der Waals surface area contributed by atoms with E-state index in [0.717, 1.165) is 11.1 Å². The van der Waals surface area contributed by atoms with Crippen LogP contribution < -0.4 is 14.8 Å². The highest BCUT2D eigenvalue weighted by atomic mass is 32.2. The van der Waals surface area contributed by atoms with Crippen LogP contribution in [0.5, 0.6) is 5.75 Å². The zero-order chi connectivity index (χ0) is 23.3. The number of nitrogens with zero attached hydrogens (tertiary/aromatic N) is 1. The van der Waals surface area contributed by atoms with Gasteiger partial charge in [-0.3, -0.25) is 9.59 Å². The van der Waals surface area contributed by atoms with Crippen molar-refractivity contribution in [2.24, 2.45) is 0 Å². The third kappa shape index (κ3) is 5.81. The summed E-state index contributed by atoms with van der Waals surface area (Å²) in [5.41, 5.74) is 2.50. The van der Waals surface area contributed by atoms with E-state index in [4.69, 9.17) is 4.74 Å². The third-order valence-corrected chi connectivity index (χ3v) is 7.75. The van der Waals surface area contributed by atoms with E-state index < -0.39 is 16.1 Å². The van der Waals surface area contributed by atoms with Gasteiger partial charge in [0.15, 0.2) is 0 Å². The molecule has 1 saturated heterocycles. The largest absolute Gasteiger partial charge is 0.497 e. The van der Waals surface area contributed by atoms with E-state index in [1.807, 2.05) is 13.8 Å².